The van der Waals surface area contributed by atoms with Gasteiger partial charge in [-0.05, 0) is 116 Å². The molecule has 1 fully saturated rings. The second kappa shape index (κ2) is 51.6. The topological polar surface area (TPSA) is 175 Å². The van der Waals surface area contributed by atoms with E-state index in [0.717, 1.165) is 141 Å². The maximum Gasteiger partial charge on any atom is 0.335 e. The number of unbranched alkanes of at least 4 members (excludes halogenated alkanes) is 11. The van der Waals surface area contributed by atoms with Crippen LogP contribution >= 0.6 is 0 Å². The molecule has 1 aliphatic heterocycles. The molecule has 6 atom stereocenters. The highest BCUT2D eigenvalue weighted by molar-refractivity contribution is 5.74. The third kappa shape index (κ3) is 41.6. The Hall–Kier alpha value is -5.14. The molecule has 1 heterocycles. The lowest BCUT2D eigenvalue weighted by atomic mass is 9.98. The summed E-state index contributed by atoms with van der Waals surface area (Å²) in [5, 5.41) is 31.5. The van der Waals surface area contributed by atoms with Crippen LogP contribution < -0.4 is 0 Å². The van der Waals surface area contributed by atoms with Crippen molar-refractivity contribution in [2.45, 2.75) is 237 Å². The highest BCUT2D eigenvalue weighted by Gasteiger charge is 2.50. The quantitative estimate of drug-likeness (QED) is 0.0228. The lowest BCUT2D eigenvalue weighted by Gasteiger charge is -2.40. The Kier molecular flexibility index (Phi) is 46.8. The Morgan fingerprint density at radius 1 is 0.442 bits per heavy atom. The summed E-state index contributed by atoms with van der Waals surface area (Å²) in [6, 6.07) is 0. The molecule has 0 amide bonds. The molecule has 0 aromatic rings. The van der Waals surface area contributed by atoms with Crippen LogP contribution in [0, 0.1) is 0 Å². The molecule has 0 aliphatic carbocycles. The number of ether oxygens (including phenoxy) is 5. The molecule has 1 saturated heterocycles. The lowest BCUT2D eigenvalue weighted by molar-refractivity contribution is -0.301. The molecular formula is C65H100O12. The molecule has 0 saturated carbocycles. The van der Waals surface area contributed by atoms with Crippen molar-refractivity contribution in [1.82, 2.24) is 0 Å². The predicted molar refractivity (Wildman–Crippen MR) is 312 cm³/mol. The van der Waals surface area contributed by atoms with Gasteiger partial charge in [0.05, 0.1) is 6.61 Å². The third-order valence-electron chi connectivity index (χ3n) is 12.2. The molecule has 0 bridgehead atoms. The maximum atomic E-state index is 13.1. The van der Waals surface area contributed by atoms with E-state index in [1.54, 1.807) is 0 Å². The first-order chi connectivity index (χ1) is 37.6. The van der Waals surface area contributed by atoms with E-state index >= 15 is 0 Å². The number of carbonyl (C=O) groups excluding carboxylic acids is 3. The van der Waals surface area contributed by atoms with Crippen molar-refractivity contribution < 1.29 is 58.2 Å². The Morgan fingerprint density at radius 3 is 1.30 bits per heavy atom. The van der Waals surface area contributed by atoms with Gasteiger partial charge in [-0.2, -0.15) is 0 Å². The van der Waals surface area contributed by atoms with Gasteiger partial charge >= 0.3 is 23.9 Å². The van der Waals surface area contributed by atoms with E-state index in [1.807, 2.05) is 12.2 Å². The van der Waals surface area contributed by atoms with Crippen LogP contribution in [0.4, 0.5) is 0 Å². The summed E-state index contributed by atoms with van der Waals surface area (Å²) in [4.78, 5) is 51.1. The van der Waals surface area contributed by atoms with Gasteiger partial charge in [0.15, 0.2) is 24.6 Å². The fraction of sp³-hybridized carbons (Fsp3) is 0.600. The van der Waals surface area contributed by atoms with E-state index < -0.39 is 67.3 Å². The van der Waals surface area contributed by atoms with Crippen LogP contribution in [0.25, 0.3) is 0 Å². The molecule has 6 unspecified atom stereocenters. The summed E-state index contributed by atoms with van der Waals surface area (Å²) in [5.74, 6) is -3.30. The van der Waals surface area contributed by atoms with E-state index in [-0.39, 0.29) is 25.9 Å². The van der Waals surface area contributed by atoms with Crippen LogP contribution in [0.1, 0.15) is 201 Å². The fourth-order valence-corrected chi connectivity index (χ4v) is 7.80. The number of aliphatic hydroxyl groups excluding tert-OH is 2. The number of esters is 3. The van der Waals surface area contributed by atoms with Crippen LogP contribution in [0.5, 0.6) is 0 Å². The highest BCUT2D eigenvalue weighted by Crippen LogP contribution is 2.26. The number of hydrogen-bond acceptors (Lipinski definition) is 11. The van der Waals surface area contributed by atoms with Crippen LogP contribution in [-0.2, 0) is 42.9 Å². The molecule has 77 heavy (non-hydrogen) atoms. The van der Waals surface area contributed by atoms with Gasteiger partial charge in [-0.3, -0.25) is 14.4 Å². The van der Waals surface area contributed by atoms with Gasteiger partial charge in [-0.15, -0.1) is 0 Å². The third-order valence-corrected chi connectivity index (χ3v) is 12.2. The summed E-state index contributed by atoms with van der Waals surface area (Å²) in [6.45, 7) is 5.59. The minimum atomic E-state index is -1.93. The minimum Gasteiger partial charge on any atom is -0.479 e. The number of aliphatic hydroxyl groups is 2. The summed E-state index contributed by atoms with van der Waals surface area (Å²) >= 11 is 0. The largest absolute Gasteiger partial charge is 0.479 e. The Labute approximate surface area is 464 Å². The smallest absolute Gasteiger partial charge is 0.335 e. The van der Waals surface area contributed by atoms with Gasteiger partial charge in [-0.1, -0.05) is 199 Å². The maximum absolute atomic E-state index is 13.1. The van der Waals surface area contributed by atoms with Crippen molar-refractivity contribution in [3.05, 3.63) is 134 Å². The van der Waals surface area contributed by atoms with Gasteiger partial charge in [0.25, 0.3) is 0 Å². The van der Waals surface area contributed by atoms with Crippen molar-refractivity contribution in [2.24, 2.45) is 0 Å². The molecule has 0 aromatic heterocycles. The SMILES string of the molecule is CC/C=C\C/C=C\C/C=C\C/C=C\C/C=C\C/C=C\CCC(=O)OCC(COC1OC(C(=O)O)C(O)C(O)C1OC(=O)CCCCCCC/C=C\C/C=C\CCC)OC(=O)CCCCCCC/C=C\C/C=C\C/C=C\CC. The molecule has 0 spiro atoms. The van der Waals surface area contributed by atoms with E-state index in [2.05, 4.69) is 142 Å². The number of hydrogen-bond donors (Lipinski definition) is 3. The molecule has 12 nitrogen and oxygen atoms in total. The number of carboxylic acid groups (broad SMARTS) is 1. The Morgan fingerprint density at radius 2 is 0.844 bits per heavy atom. The number of carbonyl (C=O) groups is 4. The zero-order valence-electron chi connectivity index (χ0n) is 47.4. The van der Waals surface area contributed by atoms with Gasteiger partial charge < -0.3 is 39.0 Å². The summed E-state index contributed by atoms with van der Waals surface area (Å²) in [6.07, 6.45) is 60.1. The number of allylic oxidation sites excluding steroid dienone is 22. The van der Waals surface area contributed by atoms with Gasteiger partial charge in [0.2, 0.25) is 0 Å². The summed E-state index contributed by atoms with van der Waals surface area (Å²) in [7, 11) is 0. The van der Waals surface area contributed by atoms with Crippen LogP contribution in [0.2, 0.25) is 0 Å². The number of carboxylic acids is 1. The summed E-state index contributed by atoms with van der Waals surface area (Å²) in [5.41, 5.74) is 0. The van der Waals surface area contributed by atoms with E-state index in [1.165, 1.54) is 0 Å². The normalized spacial score (nSPS) is 19.0. The lowest BCUT2D eigenvalue weighted by Crippen LogP contribution is -2.61. The molecule has 0 radical (unpaired) electrons. The monoisotopic (exact) mass is 1070 g/mol. The van der Waals surface area contributed by atoms with Gasteiger partial charge in [0, 0.05) is 19.3 Å². The molecule has 0 aromatic carbocycles. The fourth-order valence-electron chi connectivity index (χ4n) is 7.80. The van der Waals surface area contributed by atoms with Gasteiger partial charge in [0.1, 0.15) is 18.8 Å². The predicted octanol–water partition coefficient (Wildman–Crippen LogP) is 15.0. The zero-order chi connectivity index (χ0) is 56.1. The highest BCUT2D eigenvalue weighted by atomic mass is 16.7. The Bertz CT molecular complexity index is 1850. The number of rotatable bonds is 47. The van der Waals surface area contributed by atoms with Crippen molar-refractivity contribution in [1.29, 1.82) is 0 Å². The molecular weight excluding hydrogens is 973 g/mol. The average molecular weight is 1070 g/mol. The average Bonchev–Trinajstić information content (AvgIpc) is 3.42. The van der Waals surface area contributed by atoms with Crippen molar-refractivity contribution in [2.75, 3.05) is 13.2 Å². The molecule has 1 rings (SSSR count). The van der Waals surface area contributed by atoms with Gasteiger partial charge in [-0.25, -0.2) is 4.79 Å². The number of aliphatic carboxylic acids is 1. The van der Waals surface area contributed by atoms with Crippen molar-refractivity contribution >= 4 is 23.9 Å². The van der Waals surface area contributed by atoms with E-state index in [0.29, 0.717) is 19.3 Å². The van der Waals surface area contributed by atoms with Crippen LogP contribution in [0.15, 0.2) is 134 Å². The molecule has 432 valence electrons. The summed E-state index contributed by atoms with van der Waals surface area (Å²) < 4.78 is 28.3. The molecule has 12 heteroatoms. The molecule has 1 aliphatic rings. The Balaban J connectivity index is 2.77. The second-order valence-electron chi connectivity index (χ2n) is 19.2. The van der Waals surface area contributed by atoms with Crippen LogP contribution in [-0.4, -0.2) is 89.2 Å². The second-order valence-corrected chi connectivity index (χ2v) is 19.2. The standard InChI is InChI=1S/C65H100O12/c1-4-7-10-13-16-19-22-25-27-28-29-30-32-34-36-39-42-45-48-51-57(66)73-54-56(75-58(67)52-49-46-43-40-38-35-31-26-23-20-17-14-11-8-5-2)55-74-65-63(61(70)60(69)62(77-65)64(71)72)76-59(68)53-50-47-44-41-37-33-24-21-18-15-12-9-6-3/h7-8,10-12,15-17,19-21,24-27,29-31,34,36,42,45,56,60-63,65,69-70H,4-6,9,13-14,18,22-23,28,32-33,35,37-41,43-44,46-55H2,1-3H3,(H,71,72)/b10-7-,11-8-,15-12-,19-16-,20-17-,24-21-,27-25-,30-29-,31-26-,36-34-,45-42-. The zero-order valence-corrected chi connectivity index (χ0v) is 47.4. The van der Waals surface area contributed by atoms with Crippen molar-refractivity contribution in [3.8, 4) is 0 Å². The van der Waals surface area contributed by atoms with Crippen molar-refractivity contribution in [3.63, 3.8) is 0 Å². The van der Waals surface area contributed by atoms with E-state index in [9.17, 15) is 34.5 Å². The van der Waals surface area contributed by atoms with Crippen LogP contribution in [0.3, 0.4) is 0 Å². The minimum absolute atomic E-state index is 0.0274. The first-order valence-corrected chi connectivity index (χ1v) is 29.2. The first kappa shape index (κ1) is 69.9. The first-order valence-electron chi connectivity index (χ1n) is 29.2. The van der Waals surface area contributed by atoms with E-state index in [4.69, 9.17) is 23.7 Å². The molecule has 3 N–H and O–H groups in total.